The van der Waals surface area contributed by atoms with Gasteiger partial charge in [0.1, 0.15) is 5.75 Å². The van der Waals surface area contributed by atoms with Gasteiger partial charge in [0.05, 0.1) is 23.4 Å². The van der Waals surface area contributed by atoms with Crippen molar-refractivity contribution >= 4 is 23.2 Å². The van der Waals surface area contributed by atoms with Crippen LogP contribution < -0.4 is 10.1 Å². The number of ether oxygens (including phenoxy) is 1. The predicted molar refractivity (Wildman–Crippen MR) is 108 cm³/mol. The minimum atomic E-state index is -0.186. The molecule has 0 unspecified atom stereocenters. The van der Waals surface area contributed by atoms with Crippen LogP contribution in [0.3, 0.4) is 0 Å². The number of aromatic nitrogens is 2. The molecule has 6 nitrogen and oxygen atoms in total. The third-order valence-electron chi connectivity index (χ3n) is 4.86. The highest BCUT2D eigenvalue weighted by Gasteiger charge is 2.24. The van der Waals surface area contributed by atoms with Crippen molar-refractivity contribution in [1.82, 2.24) is 15.5 Å². The average Bonchev–Trinajstić information content (AvgIpc) is 2.69. The number of nitrogens with one attached hydrogen (secondary N) is 1. The van der Waals surface area contributed by atoms with Crippen LogP contribution in [0.4, 0.5) is 5.69 Å². The first kappa shape index (κ1) is 20.1. The number of amides is 1. The summed E-state index contributed by atoms with van der Waals surface area (Å²) in [6.45, 7) is 11.1. The summed E-state index contributed by atoms with van der Waals surface area (Å²) in [5.41, 5.74) is 1.64. The smallest absolute Gasteiger partial charge is 0.272 e. The van der Waals surface area contributed by atoms with Crippen molar-refractivity contribution in [2.24, 2.45) is 0 Å². The number of hydrogen-bond acceptors (Lipinski definition) is 4. The van der Waals surface area contributed by atoms with Crippen LogP contribution in [-0.4, -0.2) is 28.3 Å². The summed E-state index contributed by atoms with van der Waals surface area (Å²) in [6, 6.07) is 8.80. The molecule has 1 aromatic carbocycles. The molecule has 3 rings (SSSR count). The van der Waals surface area contributed by atoms with Gasteiger partial charge in [-0.3, -0.25) is 4.79 Å². The van der Waals surface area contributed by atoms with E-state index >= 15 is 0 Å². The Morgan fingerprint density at radius 2 is 1.96 bits per heavy atom. The number of hydrogen-bond donors (Lipinski definition) is 1. The Morgan fingerprint density at radius 1 is 1.21 bits per heavy atom. The van der Waals surface area contributed by atoms with Crippen LogP contribution in [0.2, 0.25) is 5.02 Å². The van der Waals surface area contributed by atoms with E-state index in [1.165, 1.54) is 0 Å². The lowest BCUT2D eigenvalue weighted by Gasteiger charge is -2.29. The molecule has 1 aromatic heterocycles. The molecule has 28 heavy (non-hydrogen) atoms. The molecular formula is C21H23ClN4O2. The van der Waals surface area contributed by atoms with Gasteiger partial charge in [-0.05, 0) is 55.9 Å². The molecule has 0 bridgehead atoms. The topological polar surface area (TPSA) is 68.5 Å². The standard InChI is InChI=1S/C21H23ClN4O2/c1-13(2)18-10-11-20(26-25-18)21(27)24-14-4-6-15(7-5-14)28-16-8-9-19(23-3)17(22)12-16/h8-15H,4-7H2,1-2H3,(H,24,27). The van der Waals surface area contributed by atoms with Gasteiger partial charge < -0.3 is 10.1 Å². The molecule has 0 atom stereocenters. The van der Waals surface area contributed by atoms with E-state index in [1.807, 2.05) is 19.9 Å². The van der Waals surface area contributed by atoms with Crippen LogP contribution in [0.15, 0.2) is 30.3 Å². The summed E-state index contributed by atoms with van der Waals surface area (Å²) in [6.07, 6.45) is 3.42. The van der Waals surface area contributed by atoms with Gasteiger partial charge in [-0.1, -0.05) is 31.5 Å². The molecule has 0 spiro atoms. The Labute approximate surface area is 170 Å². The van der Waals surface area contributed by atoms with Crippen LogP contribution in [0, 0.1) is 6.57 Å². The number of carbonyl (C=O) groups is 1. The van der Waals surface area contributed by atoms with Gasteiger partial charge in [-0.2, -0.15) is 5.10 Å². The van der Waals surface area contributed by atoms with Gasteiger partial charge in [0.2, 0.25) is 5.69 Å². The zero-order valence-electron chi connectivity index (χ0n) is 16.0. The first-order valence-electron chi connectivity index (χ1n) is 9.44. The fourth-order valence-electron chi connectivity index (χ4n) is 3.20. The fraction of sp³-hybridized carbons (Fsp3) is 0.429. The second-order valence-electron chi connectivity index (χ2n) is 7.29. The molecular weight excluding hydrogens is 376 g/mol. The highest BCUT2D eigenvalue weighted by molar-refractivity contribution is 6.33. The van der Waals surface area contributed by atoms with Gasteiger partial charge in [-0.15, -0.1) is 5.10 Å². The highest BCUT2D eigenvalue weighted by atomic mass is 35.5. The molecule has 1 aliphatic rings. The number of benzene rings is 1. The van der Waals surface area contributed by atoms with Crippen LogP contribution in [0.25, 0.3) is 4.85 Å². The highest BCUT2D eigenvalue weighted by Crippen LogP contribution is 2.31. The second-order valence-corrected chi connectivity index (χ2v) is 7.70. The quantitative estimate of drug-likeness (QED) is 0.725. The summed E-state index contributed by atoms with van der Waals surface area (Å²) in [7, 11) is 0. The van der Waals surface area contributed by atoms with E-state index in [0.717, 1.165) is 31.4 Å². The monoisotopic (exact) mass is 398 g/mol. The molecule has 0 aliphatic heterocycles. The molecule has 1 N–H and O–H groups in total. The number of nitrogens with zero attached hydrogens (tertiary/aromatic N) is 3. The van der Waals surface area contributed by atoms with E-state index in [2.05, 4.69) is 20.4 Å². The molecule has 146 valence electrons. The Balaban J connectivity index is 1.49. The zero-order valence-corrected chi connectivity index (χ0v) is 16.7. The van der Waals surface area contributed by atoms with E-state index < -0.39 is 0 Å². The third-order valence-corrected chi connectivity index (χ3v) is 5.16. The van der Waals surface area contributed by atoms with Crippen molar-refractivity contribution in [3.63, 3.8) is 0 Å². The van der Waals surface area contributed by atoms with E-state index in [4.69, 9.17) is 22.9 Å². The summed E-state index contributed by atoms with van der Waals surface area (Å²) in [5, 5.41) is 11.6. The number of carbonyl (C=O) groups excluding carboxylic acids is 1. The average molecular weight is 399 g/mol. The molecule has 1 saturated carbocycles. The summed E-state index contributed by atoms with van der Waals surface area (Å²) < 4.78 is 5.99. The summed E-state index contributed by atoms with van der Waals surface area (Å²) in [5.74, 6) is 0.770. The van der Waals surface area contributed by atoms with Crippen LogP contribution >= 0.6 is 11.6 Å². The lowest BCUT2D eigenvalue weighted by Crippen LogP contribution is -2.40. The molecule has 2 aromatic rings. The van der Waals surface area contributed by atoms with Crippen molar-refractivity contribution in [2.75, 3.05) is 0 Å². The number of rotatable bonds is 5. The Morgan fingerprint density at radius 3 is 2.54 bits per heavy atom. The predicted octanol–water partition coefficient (Wildman–Crippen LogP) is 4.92. The van der Waals surface area contributed by atoms with E-state index in [9.17, 15) is 4.79 Å². The molecule has 7 heteroatoms. The second kappa shape index (κ2) is 9.03. The zero-order chi connectivity index (χ0) is 20.1. The maximum absolute atomic E-state index is 12.4. The first-order valence-corrected chi connectivity index (χ1v) is 9.82. The number of halogens is 1. The Kier molecular flexibility index (Phi) is 6.48. The van der Waals surface area contributed by atoms with Crippen molar-refractivity contribution in [1.29, 1.82) is 0 Å². The van der Waals surface area contributed by atoms with Gasteiger partial charge in [-0.25, -0.2) is 4.85 Å². The molecule has 1 heterocycles. The fourth-order valence-corrected chi connectivity index (χ4v) is 3.41. The van der Waals surface area contributed by atoms with E-state index in [0.29, 0.717) is 22.2 Å². The summed E-state index contributed by atoms with van der Waals surface area (Å²) in [4.78, 5) is 15.7. The molecule has 1 aliphatic carbocycles. The van der Waals surface area contributed by atoms with Gasteiger partial charge >= 0.3 is 0 Å². The lowest BCUT2D eigenvalue weighted by molar-refractivity contribution is 0.0888. The maximum atomic E-state index is 12.4. The van der Waals surface area contributed by atoms with Gasteiger partial charge in [0.25, 0.3) is 5.91 Å². The van der Waals surface area contributed by atoms with E-state index in [1.54, 1.807) is 24.3 Å². The summed E-state index contributed by atoms with van der Waals surface area (Å²) >= 11 is 6.06. The van der Waals surface area contributed by atoms with Crippen molar-refractivity contribution in [2.45, 2.75) is 57.6 Å². The first-order chi connectivity index (χ1) is 13.5. The largest absolute Gasteiger partial charge is 0.490 e. The van der Waals surface area contributed by atoms with Crippen molar-refractivity contribution in [3.05, 3.63) is 58.2 Å². The van der Waals surface area contributed by atoms with Crippen LogP contribution in [-0.2, 0) is 0 Å². The van der Waals surface area contributed by atoms with Crippen molar-refractivity contribution in [3.8, 4) is 5.75 Å². The molecule has 0 radical (unpaired) electrons. The molecule has 1 amide bonds. The van der Waals surface area contributed by atoms with Gasteiger partial charge in [0.15, 0.2) is 5.69 Å². The van der Waals surface area contributed by atoms with Crippen molar-refractivity contribution < 1.29 is 9.53 Å². The van der Waals surface area contributed by atoms with E-state index in [-0.39, 0.29) is 24.0 Å². The van der Waals surface area contributed by atoms with Gasteiger partial charge in [0, 0.05) is 6.04 Å². The maximum Gasteiger partial charge on any atom is 0.272 e. The lowest BCUT2D eigenvalue weighted by atomic mass is 9.93. The minimum absolute atomic E-state index is 0.0770. The Hall–Kier alpha value is -2.65. The SMILES string of the molecule is [C-]#[N+]c1ccc(OC2CCC(NC(=O)c3ccc(C(C)C)nn3)CC2)cc1Cl. The molecule has 1 fully saturated rings. The van der Waals surface area contributed by atoms with Crippen LogP contribution in [0.1, 0.15) is 61.6 Å². The normalized spacial score (nSPS) is 19.1. The Bertz CT molecular complexity index is 869. The third kappa shape index (κ3) is 4.99. The molecule has 0 saturated heterocycles. The van der Waals surface area contributed by atoms with Crippen LogP contribution in [0.5, 0.6) is 5.75 Å². The minimum Gasteiger partial charge on any atom is -0.490 e.